The molecule has 0 aliphatic carbocycles. The summed E-state index contributed by atoms with van der Waals surface area (Å²) >= 11 is 0. The van der Waals surface area contributed by atoms with E-state index in [9.17, 15) is 4.79 Å². The van der Waals surface area contributed by atoms with E-state index in [2.05, 4.69) is 25.6 Å². The number of ether oxygens (including phenoxy) is 1. The Balaban J connectivity index is 2.35. The molecule has 2 aromatic rings. The number of rotatable bonds is 2. The highest BCUT2D eigenvalue weighted by atomic mass is 16.6. The van der Waals surface area contributed by atoms with Gasteiger partial charge in [0.15, 0.2) is 5.69 Å². The molecule has 2 heterocycles. The van der Waals surface area contributed by atoms with Gasteiger partial charge in [-0.2, -0.15) is 20.5 Å². The number of aromatic amines is 1. The summed E-state index contributed by atoms with van der Waals surface area (Å²) in [5.41, 5.74) is 1.37. The van der Waals surface area contributed by atoms with Crippen LogP contribution in [0.2, 0.25) is 0 Å². The van der Waals surface area contributed by atoms with Crippen LogP contribution < -0.4 is 0 Å². The zero-order chi connectivity index (χ0) is 14.0. The average molecular weight is 261 g/mol. The lowest BCUT2D eigenvalue weighted by Crippen LogP contribution is -2.24. The van der Waals surface area contributed by atoms with Gasteiger partial charge >= 0.3 is 5.97 Å². The first-order valence-corrected chi connectivity index (χ1v) is 5.80. The molecule has 0 saturated heterocycles. The second-order valence-corrected chi connectivity index (χ2v) is 5.11. The van der Waals surface area contributed by atoms with Crippen molar-refractivity contribution in [2.24, 2.45) is 0 Å². The summed E-state index contributed by atoms with van der Waals surface area (Å²) in [4.78, 5) is 12.0. The number of carbonyl (C=O) groups excluding carboxylic acids is 1. The van der Waals surface area contributed by atoms with E-state index in [4.69, 9.17) is 4.74 Å². The molecule has 0 saturated carbocycles. The number of H-pyrrole nitrogens is 1. The molecule has 0 amide bonds. The van der Waals surface area contributed by atoms with E-state index in [0.717, 1.165) is 5.69 Å². The molecule has 7 nitrogen and oxygen atoms in total. The molecule has 2 aromatic heterocycles. The monoisotopic (exact) mass is 261 g/mol. The first-order chi connectivity index (χ1) is 8.87. The Morgan fingerprint density at radius 2 is 2.05 bits per heavy atom. The van der Waals surface area contributed by atoms with Crippen molar-refractivity contribution in [3.63, 3.8) is 0 Å². The summed E-state index contributed by atoms with van der Waals surface area (Å²) in [7, 11) is 0. The Bertz CT molecular complexity index is 600. The van der Waals surface area contributed by atoms with Gasteiger partial charge in [0, 0.05) is 5.56 Å². The first kappa shape index (κ1) is 13.1. The molecule has 0 atom stereocenters. The summed E-state index contributed by atoms with van der Waals surface area (Å²) in [5.74, 6) is -0.522. The fourth-order valence-corrected chi connectivity index (χ4v) is 1.50. The summed E-state index contributed by atoms with van der Waals surface area (Å²) in [6, 6.07) is 1.78. The van der Waals surface area contributed by atoms with Crippen LogP contribution in [0.1, 0.15) is 37.0 Å². The number of carbonyl (C=O) groups is 1. The lowest BCUT2D eigenvalue weighted by Gasteiger charge is -2.18. The first-order valence-electron chi connectivity index (χ1n) is 5.80. The fraction of sp³-hybridized carbons (Fsp3) is 0.417. The summed E-state index contributed by atoms with van der Waals surface area (Å²) in [5, 5.41) is 17.9. The van der Waals surface area contributed by atoms with Crippen LogP contribution in [0.3, 0.4) is 0 Å². The van der Waals surface area contributed by atoms with E-state index >= 15 is 0 Å². The molecule has 7 heteroatoms. The molecule has 0 aliphatic rings. The molecule has 1 N–H and O–H groups in total. The second-order valence-electron chi connectivity index (χ2n) is 5.11. The minimum Gasteiger partial charge on any atom is -0.455 e. The third kappa shape index (κ3) is 3.12. The molecule has 0 aliphatic heterocycles. The molecule has 0 fully saturated rings. The van der Waals surface area contributed by atoms with Crippen molar-refractivity contribution in [1.29, 1.82) is 0 Å². The zero-order valence-corrected chi connectivity index (χ0v) is 11.3. The van der Waals surface area contributed by atoms with Gasteiger partial charge in [0.05, 0.1) is 11.9 Å². The number of hydrogen-bond acceptors (Lipinski definition) is 6. The highest BCUT2D eigenvalue weighted by Crippen LogP contribution is 2.21. The summed E-state index contributed by atoms with van der Waals surface area (Å²) in [6.07, 6.45) is 1.53. The van der Waals surface area contributed by atoms with Crippen LogP contribution in [0.15, 0.2) is 12.3 Å². The van der Waals surface area contributed by atoms with Gasteiger partial charge < -0.3 is 4.74 Å². The molecule has 19 heavy (non-hydrogen) atoms. The van der Waals surface area contributed by atoms with Gasteiger partial charge in [-0.1, -0.05) is 0 Å². The number of aryl methyl sites for hydroxylation is 1. The minimum atomic E-state index is -0.584. The van der Waals surface area contributed by atoms with E-state index < -0.39 is 11.6 Å². The van der Waals surface area contributed by atoms with Crippen LogP contribution in [-0.2, 0) is 4.74 Å². The van der Waals surface area contributed by atoms with Gasteiger partial charge in [-0.05, 0) is 33.8 Å². The van der Waals surface area contributed by atoms with E-state index in [0.29, 0.717) is 11.3 Å². The molecule has 0 radical (unpaired) electrons. The summed E-state index contributed by atoms with van der Waals surface area (Å²) in [6.45, 7) is 7.19. The van der Waals surface area contributed by atoms with Gasteiger partial charge in [0.25, 0.3) is 0 Å². The normalized spacial score (nSPS) is 11.4. The highest BCUT2D eigenvalue weighted by molar-refractivity contribution is 5.94. The fourth-order valence-electron chi connectivity index (χ4n) is 1.50. The number of esters is 1. The van der Waals surface area contributed by atoms with E-state index in [1.165, 1.54) is 6.20 Å². The Hall–Kier alpha value is -2.31. The van der Waals surface area contributed by atoms with Gasteiger partial charge in [0.1, 0.15) is 11.3 Å². The zero-order valence-electron chi connectivity index (χ0n) is 11.3. The van der Waals surface area contributed by atoms with Crippen LogP contribution in [0, 0.1) is 6.92 Å². The third-order valence-corrected chi connectivity index (χ3v) is 2.19. The quantitative estimate of drug-likeness (QED) is 0.824. The van der Waals surface area contributed by atoms with Crippen LogP contribution in [-0.4, -0.2) is 37.2 Å². The standard InChI is InChI=1S/C12H15N5O2/c1-7-5-8(6-13-14-7)9-10(16-17-15-9)11(18)19-12(2,3)4/h5-6H,1-4H3,(H,15,16,17). The van der Waals surface area contributed by atoms with Gasteiger partial charge in [-0.15, -0.1) is 5.10 Å². The Labute approximate surface area is 110 Å². The molecule has 100 valence electrons. The SMILES string of the molecule is Cc1cc(-c2n[nH]nc2C(=O)OC(C)(C)C)cnn1. The Morgan fingerprint density at radius 3 is 2.68 bits per heavy atom. The van der Waals surface area contributed by atoms with Crippen LogP contribution in [0.5, 0.6) is 0 Å². The highest BCUT2D eigenvalue weighted by Gasteiger charge is 2.24. The van der Waals surface area contributed by atoms with E-state index in [1.54, 1.807) is 26.8 Å². The molecule has 0 spiro atoms. The van der Waals surface area contributed by atoms with Crippen molar-refractivity contribution in [1.82, 2.24) is 25.6 Å². The Kier molecular flexibility index (Phi) is 3.28. The van der Waals surface area contributed by atoms with E-state index in [-0.39, 0.29) is 5.69 Å². The van der Waals surface area contributed by atoms with Crippen molar-refractivity contribution in [2.45, 2.75) is 33.3 Å². The molecular weight excluding hydrogens is 246 g/mol. The van der Waals surface area contributed by atoms with Gasteiger partial charge in [-0.3, -0.25) is 0 Å². The number of hydrogen-bond donors (Lipinski definition) is 1. The largest absolute Gasteiger partial charge is 0.455 e. The molecule has 2 rings (SSSR count). The van der Waals surface area contributed by atoms with Crippen LogP contribution in [0.4, 0.5) is 0 Å². The average Bonchev–Trinajstić information content (AvgIpc) is 2.75. The maximum atomic E-state index is 12.0. The van der Waals surface area contributed by atoms with Crippen molar-refractivity contribution in [3.8, 4) is 11.3 Å². The molecule has 0 bridgehead atoms. The van der Waals surface area contributed by atoms with Crippen molar-refractivity contribution in [3.05, 3.63) is 23.7 Å². The van der Waals surface area contributed by atoms with Crippen molar-refractivity contribution in [2.75, 3.05) is 0 Å². The number of nitrogens with one attached hydrogen (secondary N) is 1. The minimum absolute atomic E-state index is 0.141. The van der Waals surface area contributed by atoms with Gasteiger partial charge in [-0.25, -0.2) is 4.79 Å². The lowest BCUT2D eigenvalue weighted by atomic mass is 10.1. The predicted molar refractivity (Wildman–Crippen MR) is 67.3 cm³/mol. The van der Waals surface area contributed by atoms with Gasteiger partial charge in [0.2, 0.25) is 0 Å². The third-order valence-electron chi connectivity index (χ3n) is 2.19. The van der Waals surface area contributed by atoms with Crippen molar-refractivity contribution >= 4 is 5.97 Å². The molecule has 0 unspecified atom stereocenters. The van der Waals surface area contributed by atoms with Crippen LogP contribution >= 0.6 is 0 Å². The summed E-state index contributed by atoms with van der Waals surface area (Å²) < 4.78 is 5.28. The van der Waals surface area contributed by atoms with E-state index in [1.807, 2.05) is 6.92 Å². The molecular formula is C12H15N5O2. The number of aromatic nitrogens is 5. The number of nitrogens with zero attached hydrogens (tertiary/aromatic N) is 4. The smallest absolute Gasteiger partial charge is 0.361 e. The molecule has 0 aromatic carbocycles. The van der Waals surface area contributed by atoms with Crippen molar-refractivity contribution < 1.29 is 9.53 Å². The Morgan fingerprint density at radius 1 is 1.32 bits per heavy atom. The predicted octanol–water partition coefficient (Wildman–Crippen LogP) is 1.53. The maximum absolute atomic E-state index is 12.0. The van der Waals surface area contributed by atoms with Crippen LogP contribution in [0.25, 0.3) is 11.3 Å². The lowest BCUT2D eigenvalue weighted by molar-refractivity contribution is 0.00637. The second kappa shape index (κ2) is 4.75. The topological polar surface area (TPSA) is 93.7 Å². The maximum Gasteiger partial charge on any atom is 0.361 e.